The van der Waals surface area contributed by atoms with E-state index >= 15 is 0 Å². The lowest BCUT2D eigenvalue weighted by Crippen LogP contribution is -3.14. The Hall–Kier alpha value is -2.73. The third-order valence-corrected chi connectivity index (χ3v) is 5.04. The SMILES string of the molecule is CC[NH+]1CCN(c2ccc(/C(C)=N\NC(=O)c3ccccc3)cc2F)CC1. The van der Waals surface area contributed by atoms with Gasteiger partial charge in [0, 0.05) is 11.1 Å². The summed E-state index contributed by atoms with van der Waals surface area (Å²) in [7, 11) is 0. The van der Waals surface area contributed by atoms with Gasteiger partial charge in [-0.2, -0.15) is 5.10 Å². The van der Waals surface area contributed by atoms with Crippen molar-refractivity contribution in [2.75, 3.05) is 37.6 Å². The fraction of sp³-hybridized carbons (Fsp3) is 0.333. The molecule has 1 heterocycles. The molecule has 1 aliphatic heterocycles. The summed E-state index contributed by atoms with van der Waals surface area (Å²) in [6.45, 7) is 8.83. The Morgan fingerprint density at radius 3 is 2.48 bits per heavy atom. The number of hydrogen-bond donors (Lipinski definition) is 2. The number of nitrogens with zero attached hydrogens (tertiary/aromatic N) is 2. The number of benzene rings is 2. The van der Waals surface area contributed by atoms with Gasteiger partial charge in [-0.1, -0.05) is 24.3 Å². The van der Waals surface area contributed by atoms with E-state index in [9.17, 15) is 9.18 Å². The molecule has 27 heavy (non-hydrogen) atoms. The largest absolute Gasteiger partial charge is 0.358 e. The second kappa shape index (κ2) is 8.77. The van der Waals surface area contributed by atoms with Gasteiger partial charge in [-0.3, -0.25) is 4.79 Å². The van der Waals surface area contributed by atoms with Crippen LogP contribution in [0.1, 0.15) is 29.8 Å². The van der Waals surface area contributed by atoms with Gasteiger partial charge in [0.15, 0.2) is 0 Å². The lowest BCUT2D eigenvalue weighted by Gasteiger charge is -2.33. The molecule has 0 radical (unpaired) electrons. The minimum absolute atomic E-state index is 0.253. The summed E-state index contributed by atoms with van der Waals surface area (Å²) < 4.78 is 14.6. The highest BCUT2D eigenvalue weighted by Gasteiger charge is 2.21. The molecule has 0 atom stereocenters. The molecular weight excluding hydrogens is 343 g/mol. The molecule has 2 aromatic rings. The van der Waals surface area contributed by atoms with Gasteiger partial charge >= 0.3 is 0 Å². The fourth-order valence-corrected chi connectivity index (χ4v) is 3.26. The Morgan fingerprint density at radius 2 is 1.85 bits per heavy atom. The van der Waals surface area contributed by atoms with E-state index in [1.54, 1.807) is 42.2 Å². The van der Waals surface area contributed by atoms with Crippen LogP contribution in [0.4, 0.5) is 10.1 Å². The molecule has 0 spiro atoms. The van der Waals surface area contributed by atoms with Crippen molar-refractivity contribution in [2.45, 2.75) is 13.8 Å². The van der Waals surface area contributed by atoms with Gasteiger partial charge in [0.05, 0.1) is 44.1 Å². The highest BCUT2D eigenvalue weighted by molar-refractivity contribution is 6.01. The average Bonchev–Trinajstić information content (AvgIpc) is 2.72. The van der Waals surface area contributed by atoms with E-state index in [2.05, 4.69) is 22.4 Å². The van der Waals surface area contributed by atoms with Crippen LogP contribution in [0.15, 0.2) is 53.6 Å². The van der Waals surface area contributed by atoms with Crippen LogP contribution in [0.5, 0.6) is 0 Å². The third-order valence-electron chi connectivity index (χ3n) is 5.04. The molecule has 0 saturated carbocycles. The molecule has 1 amide bonds. The van der Waals surface area contributed by atoms with Crippen molar-refractivity contribution >= 4 is 17.3 Å². The zero-order chi connectivity index (χ0) is 19.2. The number of nitrogens with one attached hydrogen (secondary N) is 2. The van der Waals surface area contributed by atoms with Crippen molar-refractivity contribution in [1.29, 1.82) is 0 Å². The molecule has 0 unspecified atom stereocenters. The van der Waals surface area contributed by atoms with Crippen LogP contribution in [-0.2, 0) is 0 Å². The van der Waals surface area contributed by atoms with Gasteiger partial charge in [-0.25, -0.2) is 9.82 Å². The number of halogens is 1. The van der Waals surface area contributed by atoms with E-state index in [0.29, 0.717) is 22.5 Å². The number of piperazine rings is 1. The highest BCUT2D eigenvalue weighted by atomic mass is 19.1. The molecule has 0 bridgehead atoms. The number of hydrazone groups is 1. The second-order valence-corrected chi connectivity index (χ2v) is 6.76. The number of carbonyl (C=O) groups excluding carboxylic acids is 1. The van der Waals surface area contributed by atoms with Gasteiger partial charge in [0.25, 0.3) is 5.91 Å². The van der Waals surface area contributed by atoms with Crippen LogP contribution < -0.4 is 15.2 Å². The van der Waals surface area contributed by atoms with E-state index in [1.807, 2.05) is 12.1 Å². The summed E-state index contributed by atoms with van der Waals surface area (Å²) in [5.41, 5.74) is 4.90. The molecule has 2 N–H and O–H groups in total. The van der Waals surface area contributed by atoms with E-state index < -0.39 is 0 Å². The monoisotopic (exact) mass is 369 g/mol. The molecule has 6 heteroatoms. The molecule has 0 aliphatic carbocycles. The minimum atomic E-state index is -0.289. The lowest BCUT2D eigenvalue weighted by molar-refractivity contribution is -0.898. The first-order chi connectivity index (χ1) is 13.1. The maximum Gasteiger partial charge on any atom is 0.271 e. The summed E-state index contributed by atoms with van der Waals surface area (Å²) in [6, 6.07) is 14.0. The number of anilines is 1. The quantitative estimate of drug-likeness (QED) is 0.623. The standard InChI is InChI=1S/C21H25FN4O/c1-3-25-11-13-26(14-12-25)20-10-9-18(15-19(20)22)16(2)23-24-21(27)17-7-5-4-6-8-17/h4-10,15H,3,11-14H2,1-2H3,(H,24,27)/p+1/b23-16-. The third kappa shape index (κ3) is 4.71. The van der Waals surface area contributed by atoms with E-state index in [-0.39, 0.29) is 11.7 Å². The Kier molecular flexibility index (Phi) is 6.19. The molecule has 2 aromatic carbocycles. The van der Waals surface area contributed by atoms with Gasteiger partial charge < -0.3 is 9.80 Å². The number of quaternary nitrogens is 1. The van der Waals surface area contributed by atoms with Crippen molar-refractivity contribution in [2.24, 2.45) is 5.10 Å². The predicted molar refractivity (Wildman–Crippen MR) is 106 cm³/mol. The number of carbonyl (C=O) groups is 1. The summed E-state index contributed by atoms with van der Waals surface area (Å²) in [6.07, 6.45) is 0. The summed E-state index contributed by atoms with van der Waals surface area (Å²) >= 11 is 0. The number of hydrogen-bond acceptors (Lipinski definition) is 3. The maximum absolute atomic E-state index is 14.6. The first-order valence-corrected chi connectivity index (χ1v) is 9.36. The van der Waals surface area contributed by atoms with Crippen LogP contribution in [0.3, 0.4) is 0 Å². The van der Waals surface area contributed by atoms with Gasteiger partial charge in [0.2, 0.25) is 0 Å². The van der Waals surface area contributed by atoms with Crippen molar-refractivity contribution in [3.63, 3.8) is 0 Å². The summed E-state index contributed by atoms with van der Waals surface area (Å²) in [5.74, 6) is -0.542. The Bertz CT molecular complexity index is 814. The first kappa shape index (κ1) is 19.0. The number of rotatable bonds is 5. The van der Waals surface area contributed by atoms with E-state index in [4.69, 9.17) is 0 Å². The van der Waals surface area contributed by atoms with Crippen LogP contribution in [-0.4, -0.2) is 44.3 Å². The van der Waals surface area contributed by atoms with Gasteiger partial charge in [0.1, 0.15) is 5.82 Å². The smallest absolute Gasteiger partial charge is 0.271 e. The molecular formula is C21H26FN4O+. The first-order valence-electron chi connectivity index (χ1n) is 9.36. The van der Waals surface area contributed by atoms with E-state index in [0.717, 1.165) is 32.7 Å². The zero-order valence-electron chi connectivity index (χ0n) is 15.8. The molecule has 1 saturated heterocycles. The Labute approximate surface area is 159 Å². The Morgan fingerprint density at radius 1 is 1.15 bits per heavy atom. The lowest BCUT2D eigenvalue weighted by atomic mass is 10.1. The number of amides is 1. The second-order valence-electron chi connectivity index (χ2n) is 6.76. The molecule has 1 fully saturated rings. The van der Waals surface area contributed by atoms with Crippen molar-refractivity contribution < 1.29 is 14.1 Å². The van der Waals surface area contributed by atoms with Crippen molar-refractivity contribution in [3.05, 3.63) is 65.5 Å². The van der Waals surface area contributed by atoms with Gasteiger partial charge in [-0.05, 0) is 38.1 Å². The van der Waals surface area contributed by atoms with E-state index in [1.165, 1.54) is 6.07 Å². The molecule has 142 valence electrons. The molecule has 1 aliphatic rings. The molecule has 3 rings (SSSR count). The summed E-state index contributed by atoms with van der Waals surface area (Å²) in [5, 5.41) is 4.11. The van der Waals surface area contributed by atoms with Crippen molar-refractivity contribution in [3.8, 4) is 0 Å². The Balaban J connectivity index is 1.66. The van der Waals surface area contributed by atoms with Crippen LogP contribution in [0, 0.1) is 5.82 Å². The zero-order valence-corrected chi connectivity index (χ0v) is 15.8. The van der Waals surface area contributed by atoms with Crippen LogP contribution in [0.25, 0.3) is 0 Å². The number of likely N-dealkylation sites (N-methyl/N-ethyl adjacent to an activating group) is 1. The predicted octanol–water partition coefficient (Wildman–Crippen LogP) is 1.70. The molecule has 0 aromatic heterocycles. The topological polar surface area (TPSA) is 49.1 Å². The highest BCUT2D eigenvalue weighted by Crippen LogP contribution is 2.21. The van der Waals surface area contributed by atoms with Gasteiger partial charge in [-0.15, -0.1) is 0 Å². The maximum atomic E-state index is 14.6. The van der Waals surface area contributed by atoms with Crippen LogP contribution in [0.2, 0.25) is 0 Å². The summed E-state index contributed by atoms with van der Waals surface area (Å²) in [4.78, 5) is 15.7. The average molecular weight is 369 g/mol. The molecule has 5 nitrogen and oxygen atoms in total. The van der Waals surface area contributed by atoms with Crippen LogP contribution >= 0.6 is 0 Å². The fourth-order valence-electron chi connectivity index (χ4n) is 3.26. The van der Waals surface area contributed by atoms with Crippen molar-refractivity contribution in [1.82, 2.24) is 5.43 Å². The normalized spacial score (nSPS) is 15.7. The minimum Gasteiger partial charge on any atom is -0.358 e.